The van der Waals surface area contributed by atoms with Crippen LogP contribution in [0.15, 0.2) is 59.5 Å². The van der Waals surface area contributed by atoms with Crippen molar-refractivity contribution in [1.82, 2.24) is 10.1 Å². The summed E-state index contributed by atoms with van der Waals surface area (Å²) in [4.78, 5) is 11.5. The molecule has 0 aliphatic rings. The monoisotopic (exact) mass is 319 g/mol. The summed E-state index contributed by atoms with van der Waals surface area (Å²) in [5.74, 6) is 4.51. The van der Waals surface area contributed by atoms with Crippen LogP contribution in [0.3, 0.4) is 0 Å². The van der Waals surface area contributed by atoms with Crippen molar-refractivity contribution in [3.05, 3.63) is 65.7 Å². The smallest absolute Gasteiger partial charge is 0.265 e. The number of hydrogen-bond acceptors (Lipinski definition) is 4. The second-order valence-corrected chi connectivity index (χ2v) is 6.47. The predicted molar refractivity (Wildman–Crippen MR) is 83.3 cm³/mol. The Morgan fingerprint density at radius 2 is 1.77 bits per heavy atom. The second kappa shape index (κ2) is 6.69. The van der Waals surface area contributed by atoms with Gasteiger partial charge in [0.25, 0.3) is 5.91 Å². The van der Waals surface area contributed by atoms with Gasteiger partial charge in [-0.2, -0.15) is 0 Å². The van der Waals surface area contributed by atoms with E-state index in [1.807, 2.05) is 35.8 Å². The van der Waals surface area contributed by atoms with Gasteiger partial charge in [0, 0.05) is 11.6 Å². The number of benzene rings is 2. The van der Waals surface area contributed by atoms with E-state index in [2.05, 4.69) is 4.72 Å². The number of carbonyl (C=O) groups is 1. The molecule has 4 N–H and O–H groups in total. The molecule has 1 amide bonds. The normalized spacial score (nSPS) is 12.6. The lowest BCUT2D eigenvalue weighted by molar-refractivity contribution is 0.0953. The molecule has 22 heavy (non-hydrogen) atoms. The summed E-state index contributed by atoms with van der Waals surface area (Å²) < 4.78 is 27.4. The second-order valence-electron chi connectivity index (χ2n) is 4.75. The molecule has 7 heteroatoms. The highest BCUT2D eigenvalue weighted by Crippen LogP contribution is 2.17. The average Bonchev–Trinajstić information content (AvgIpc) is 2.54. The molecule has 1 unspecified atom stereocenters. The van der Waals surface area contributed by atoms with Crippen LogP contribution in [0.1, 0.15) is 28.9 Å². The summed E-state index contributed by atoms with van der Waals surface area (Å²) in [5, 5.41) is 0. The molecule has 0 aromatic heterocycles. The first-order valence-corrected chi connectivity index (χ1v) is 8.10. The van der Waals surface area contributed by atoms with E-state index >= 15 is 0 Å². The summed E-state index contributed by atoms with van der Waals surface area (Å²) in [6.07, 6.45) is 0. The minimum atomic E-state index is -3.74. The number of sulfonamides is 1. The molecule has 2 aromatic rings. The van der Waals surface area contributed by atoms with Gasteiger partial charge in [-0.25, -0.2) is 19.0 Å². The molecule has 0 bridgehead atoms. The zero-order chi connectivity index (χ0) is 16.2. The van der Waals surface area contributed by atoms with Crippen molar-refractivity contribution in [2.45, 2.75) is 17.9 Å². The van der Waals surface area contributed by atoms with Crippen LogP contribution >= 0.6 is 0 Å². The summed E-state index contributed by atoms with van der Waals surface area (Å²) in [5.41, 5.74) is 3.00. The highest BCUT2D eigenvalue weighted by molar-refractivity contribution is 7.89. The molecule has 0 fully saturated rings. The summed E-state index contributed by atoms with van der Waals surface area (Å²) in [6.45, 7) is 1.75. The number of nitrogens with two attached hydrogens (primary N) is 1. The molecular weight excluding hydrogens is 302 g/mol. The van der Waals surface area contributed by atoms with Gasteiger partial charge in [-0.15, -0.1) is 0 Å². The lowest BCUT2D eigenvalue weighted by Gasteiger charge is -2.15. The number of amides is 1. The Kier molecular flexibility index (Phi) is 4.92. The van der Waals surface area contributed by atoms with Crippen molar-refractivity contribution < 1.29 is 13.2 Å². The van der Waals surface area contributed by atoms with Crippen LogP contribution < -0.4 is 16.0 Å². The fourth-order valence-corrected chi connectivity index (χ4v) is 3.28. The van der Waals surface area contributed by atoms with E-state index < -0.39 is 22.0 Å². The quantitative estimate of drug-likeness (QED) is 0.439. The Hall–Kier alpha value is -2.22. The number of carbonyl (C=O) groups excluding carboxylic acids is 1. The molecule has 6 nitrogen and oxygen atoms in total. The van der Waals surface area contributed by atoms with Gasteiger partial charge in [0.15, 0.2) is 0 Å². The van der Waals surface area contributed by atoms with Gasteiger partial charge >= 0.3 is 0 Å². The van der Waals surface area contributed by atoms with E-state index in [-0.39, 0.29) is 10.5 Å². The SMILES string of the molecule is CC(NS(=O)(=O)c1cccc(C(=O)NN)c1)c1ccccc1. The Balaban J connectivity index is 2.25. The Morgan fingerprint density at radius 3 is 2.41 bits per heavy atom. The van der Waals surface area contributed by atoms with Crippen LogP contribution in [-0.2, 0) is 10.0 Å². The zero-order valence-corrected chi connectivity index (χ0v) is 12.8. The maximum atomic E-state index is 12.4. The van der Waals surface area contributed by atoms with Gasteiger partial charge in [0.1, 0.15) is 0 Å². The van der Waals surface area contributed by atoms with Crippen molar-refractivity contribution in [2.75, 3.05) is 0 Å². The highest BCUT2D eigenvalue weighted by atomic mass is 32.2. The Labute approximate surface area is 129 Å². The molecule has 0 aliphatic carbocycles. The van der Waals surface area contributed by atoms with Crippen molar-refractivity contribution in [2.24, 2.45) is 5.84 Å². The lowest BCUT2D eigenvalue weighted by atomic mass is 10.1. The summed E-state index contributed by atoms with van der Waals surface area (Å²) in [6, 6.07) is 14.5. The van der Waals surface area contributed by atoms with Crippen molar-refractivity contribution >= 4 is 15.9 Å². The molecule has 1 atom stereocenters. The van der Waals surface area contributed by atoms with E-state index in [0.29, 0.717) is 0 Å². The van der Waals surface area contributed by atoms with E-state index in [1.165, 1.54) is 24.3 Å². The zero-order valence-electron chi connectivity index (χ0n) is 12.0. The van der Waals surface area contributed by atoms with Crippen LogP contribution in [0.5, 0.6) is 0 Å². The third kappa shape index (κ3) is 3.70. The average molecular weight is 319 g/mol. The van der Waals surface area contributed by atoms with E-state index in [1.54, 1.807) is 6.92 Å². The third-order valence-electron chi connectivity index (χ3n) is 3.17. The predicted octanol–water partition coefficient (Wildman–Crippen LogP) is 1.33. The number of nitrogens with one attached hydrogen (secondary N) is 2. The van der Waals surface area contributed by atoms with Crippen LogP contribution in [0, 0.1) is 0 Å². The Bertz CT molecular complexity index is 761. The fourth-order valence-electron chi connectivity index (χ4n) is 2.00. The third-order valence-corrected chi connectivity index (χ3v) is 4.71. The molecule has 2 rings (SSSR count). The molecule has 0 saturated heterocycles. The maximum absolute atomic E-state index is 12.4. The van der Waals surface area contributed by atoms with E-state index in [9.17, 15) is 13.2 Å². The van der Waals surface area contributed by atoms with Gasteiger partial charge in [-0.05, 0) is 30.7 Å². The fraction of sp³-hybridized carbons (Fsp3) is 0.133. The van der Waals surface area contributed by atoms with Crippen molar-refractivity contribution in [3.8, 4) is 0 Å². The maximum Gasteiger partial charge on any atom is 0.265 e. The van der Waals surface area contributed by atoms with Crippen LogP contribution in [0.25, 0.3) is 0 Å². The Morgan fingerprint density at radius 1 is 1.09 bits per heavy atom. The van der Waals surface area contributed by atoms with Gasteiger partial charge in [0.05, 0.1) is 4.90 Å². The summed E-state index contributed by atoms with van der Waals surface area (Å²) in [7, 11) is -3.74. The molecule has 0 radical (unpaired) electrons. The largest absolute Gasteiger partial charge is 0.290 e. The lowest BCUT2D eigenvalue weighted by Crippen LogP contribution is -2.30. The number of hydrogen-bond donors (Lipinski definition) is 3. The van der Waals surface area contributed by atoms with Crippen molar-refractivity contribution in [1.29, 1.82) is 0 Å². The minimum absolute atomic E-state index is 0.0105. The first kappa shape index (κ1) is 16.2. The van der Waals surface area contributed by atoms with Crippen LogP contribution in [0.2, 0.25) is 0 Å². The molecule has 0 saturated carbocycles. The van der Waals surface area contributed by atoms with Gasteiger partial charge in [0.2, 0.25) is 10.0 Å². The molecule has 116 valence electrons. The topological polar surface area (TPSA) is 101 Å². The van der Waals surface area contributed by atoms with Gasteiger partial charge < -0.3 is 0 Å². The van der Waals surface area contributed by atoms with E-state index in [4.69, 9.17) is 5.84 Å². The van der Waals surface area contributed by atoms with Crippen LogP contribution in [-0.4, -0.2) is 14.3 Å². The number of nitrogen functional groups attached to an aromatic ring is 1. The molecule has 2 aromatic carbocycles. The van der Waals surface area contributed by atoms with Gasteiger partial charge in [-0.1, -0.05) is 36.4 Å². The van der Waals surface area contributed by atoms with Gasteiger partial charge in [-0.3, -0.25) is 10.2 Å². The van der Waals surface area contributed by atoms with Crippen molar-refractivity contribution in [3.63, 3.8) is 0 Å². The van der Waals surface area contributed by atoms with E-state index in [0.717, 1.165) is 5.56 Å². The molecule has 0 heterocycles. The molecule has 0 aliphatic heterocycles. The first-order valence-electron chi connectivity index (χ1n) is 6.62. The number of hydrazine groups is 1. The van der Waals surface area contributed by atoms with Crippen LogP contribution in [0.4, 0.5) is 0 Å². The first-order chi connectivity index (χ1) is 10.4. The highest BCUT2D eigenvalue weighted by Gasteiger charge is 2.19. The minimum Gasteiger partial charge on any atom is -0.290 e. The standard InChI is InChI=1S/C15H17N3O3S/c1-11(12-6-3-2-4-7-12)18-22(20,21)14-9-5-8-13(10-14)15(19)17-16/h2-11,18H,16H2,1H3,(H,17,19). The molecule has 0 spiro atoms. The molecular formula is C15H17N3O3S. The summed E-state index contributed by atoms with van der Waals surface area (Å²) >= 11 is 0. The number of rotatable bonds is 5.